The van der Waals surface area contributed by atoms with Crippen LogP contribution in [-0.2, 0) is 0 Å². The van der Waals surface area contributed by atoms with E-state index in [0.717, 1.165) is 5.69 Å². The third-order valence-corrected chi connectivity index (χ3v) is 2.12. The molecule has 0 spiro atoms. The van der Waals surface area contributed by atoms with Gasteiger partial charge in [-0.1, -0.05) is 0 Å². The van der Waals surface area contributed by atoms with Gasteiger partial charge < -0.3 is 5.73 Å². The van der Waals surface area contributed by atoms with Crippen LogP contribution in [0.15, 0.2) is 12.4 Å². The van der Waals surface area contributed by atoms with E-state index in [9.17, 15) is 4.79 Å². The zero-order valence-electron chi connectivity index (χ0n) is 7.98. The molecule has 14 heavy (non-hydrogen) atoms. The Bertz CT molecular complexity index is 515. The largest absolute Gasteiger partial charge is 0.364 e. The number of aryl methyl sites for hydroxylation is 2. The normalized spacial score (nSPS) is 10.7. The van der Waals surface area contributed by atoms with E-state index in [4.69, 9.17) is 5.73 Å². The Labute approximate surface area is 80.6 Å². The molecule has 0 aliphatic heterocycles. The lowest BCUT2D eigenvalue weighted by molar-refractivity contribution is 0.0994. The maximum Gasteiger partial charge on any atom is 0.267 e. The van der Waals surface area contributed by atoms with Gasteiger partial charge in [0.05, 0.1) is 11.9 Å². The lowest BCUT2D eigenvalue weighted by Crippen LogP contribution is -2.16. The zero-order chi connectivity index (χ0) is 10.3. The van der Waals surface area contributed by atoms with Crippen LogP contribution in [0.4, 0.5) is 0 Å². The van der Waals surface area contributed by atoms with Crippen LogP contribution < -0.4 is 5.73 Å². The Hall–Kier alpha value is -1.91. The van der Waals surface area contributed by atoms with Crippen molar-refractivity contribution in [2.45, 2.75) is 13.8 Å². The molecule has 0 fully saturated rings. The lowest BCUT2D eigenvalue weighted by Gasteiger charge is -2.01. The molecule has 2 heterocycles. The number of hydrogen-bond acceptors (Lipinski definition) is 3. The van der Waals surface area contributed by atoms with Gasteiger partial charge in [0.1, 0.15) is 5.69 Å². The van der Waals surface area contributed by atoms with Gasteiger partial charge in [0.2, 0.25) is 0 Å². The van der Waals surface area contributed by atoms with Crippen LogP contribution in [-0.4, -0.2) is 20.3 Å². The van der Waals surface area contributed by atoms with E-state index in [-0.39, 0.29) is 0 Å². The number of rotatable bonds is 1. The fourth-order valence-corrected chi connectivity index (χ4v) is 1.55. The minimum absolute atomic E-state index is 0.430. The highest BCUT2D eigenvalue weighted by Crippen LogP contribution is 2.12. The van der Waals surface area contributed by atoms with E-state index < -0.39 is 5.91 Å². The summed E-state index contributed by atoms with van der Waals surface area (Å²) in [6.07, 6.45) is 3.27. The molecule has 0 aromatic carbocycles. The molecular formula is C9H10N4O. The molecule has 0 radical (unpaired) electrons. The molecule has 0 saturated carbocycles. The molecule has 2 N–H and O–H groups in total. The van der Waals surface area contributed by atoms with Crippen LogP contribution >= 0.6 is 0 Å². The summed E-state index contributed by atoms with van der Waals surface area (Å²) in [6, 6.07) is 0. The molecule has 2 rings (SSSR count). The zero-order valence-corrected chi connectivity index (χ0v) is 7.98. The molecule has 0 aliphatic rings. The second-order valence-corrected chi connectivity index (χ2v) is 3.15. The van der Waals surface area contributed by atoms with Crippen molar-refractivity contribution in [2.75, 3.05) is 0 Å². The lowest BCUT2D eigenvalue weighted by atomic mass is 10.3. The first-order valence-electron chi connectivity index (χ1n) is 4.20. The molecule has 2 aromatic rings. The Balaban J connectivity index is 2.93. The fraction of sp³-hybridized carbons (Fsp3) is 0.222. The molecule has 0 saturated heterocycles. The summed E-state index contributed by atoms with van der Waals surface area (Å²) in [6.45, 7) is 3.61. The maximum absolute atomic E-state index is 11.2. The Morgan fingerprint density at radius 3 is 2.79 bits per heavy atom. The topological polar surface area (TPSA) is 73.3 Å². The van der Waals surface area contributed by atoms with Crippen molar-refractivity contribution in [3.05, 3.63) is 29.5 Å². The first-order valence-corrected chi connectivity index (χ1v) is 4.20. The van der Waals surface area contributed by atoms with Gasteiger partial charge in [0.25, 0.3) is 5.91 Å². The quantitative estimate of drug-likeness (QED) is 0.709. The molecule has 2 aromatic heterocycles. The minimum Gasteiger partial charge on any atom is -0.364 e. The monoisotopic (exact) mass is 190 g/mol. The molecule has 0 aliphatic carbocycles. The number of amides is 1. The van der Waals surface area contributed by atoms with Crippen molar-refractivity contribution in [1.82, 2.24) is 14.4 Å². The van der Waals surface area contributed by atoms with Gasteiger partial charge in [-0.05, 0) is 13.8 Å². The summed E-state index contributed by atoms with van der Waals surface area (Å²) in [5.74, 6) is -0.468. The van der Waals surface area contributed by atoms with Crippen LogP contribution in [0.5, 0.6) is 0 Å². The number of fused-ring (bicyclic) bond motifs is 1. The van der Waals surface area contributed by atoms with E-state index in [2.05, 4.69) is 9.97 Å². The summed E-state index contributed by atoms with van der Waals surface area (Å²) < 4.78 is 1.71. The molecule has 0 unspecified atom stereocenters. The predicted molar refractivity (Wildman–Crippen MR) is 51.0 cm³/mol. The third-order valence-electron chi connectivity index (χ3n) is 2.12. The summed E-state index contributed by atoms with van der Waals surface area (Å²) >= 11 is 0. The highest BCUT2D eigenvalue weighted by atomic mass is 16.1. The third kappa shape index (κ3) is 1.06. The number of carbonyl (C=O) groups excluding carboxylic acids is 1. The first kappa shape index (κ1) is 8.68. The second kappa shape index (κ2) is 2.80. The Morgan fingerprint density at radius 1 is 1.43 bits per heavy atom. The van der Waals surface area contributed by atoms with Crippen LogP contribution in [0.1, 0.15) is 21.9 Å². The molecular weight excluding hydrogens is 180 g/mol. The number of primary amides is 1. The van der Waals surface area contributed by atoms with Gasteiger partial charge in [-0.25, -0.2) is 4.98 Å². The molecule has 5 heteroatoms. The number of imidazole rings is 1. The highest BCUT2D eigenvalue weighted by Gasteiger charge is 2.14. The van der Waals surface area contributed by atoms with Crippen molar-refractivity contribution in [3.63, 3.8) is 0 Å². The molecule has 1 amide bonds. The van der Waals surface area contributed by atoms with Crippen LogP contribution in [0.25, 0.3) is 5.65 Å². The van der Waals surface area contributed by atoms with E-state index in [1.54, 1.807) is 23.7 Å². The van der Waals surface area contributed by atoms with Gasteiger partial charge in [0, 0.05) is 11.9 Å². The number of aromatic nitrogens is 3. The van der Waals surface area contributed by atoms with Crippen molar-refractivity contribution in [1.29, 1.82) is 0 Å². The summed E-state index contributed by atoms with van der Waals surface area (Å²) in [5, 5.41) is 0. The van der Waals surface area contributed by atoms with Crippen LogP contribution in [0.2, 0.25) is 0 Å². The Morgan fingerprint density at radius 2 is 2.14 bits per heavy atom. The van der Waals surface area contributed by atoms with E-state index in [1.807, 2.05) is 6.92 Å². The Kier molecular flexibility index (Phi) is 1.73. The van der Waals surface area contributed by atoms with E-state index in [0.29, 0.717) is 17.0 Å². The second-order valence-electron chi connectivity index (χ2n) is 3.15. The van der Waals surface area contributed by atoms with Crippen LogP contribution in [0, 0.1) is 13.8 Å². The molecule has 0 atom stereocenters. The average molecular weight is 190 g/mol. The van der Waals surface area contributed by atoms with Crippen molar-refractivity contribution < 1.29 is 4.79 Å². The van der Waals surface area contributed by atoms with E-state index >= 15 is 0 Å². The smallest absolute Gasteiger partial charge is 0.267 e. The average Bonchev–Trinajstić information content (AvgIpc) is 2.42. The van der Waals surface area contributed by atoms with Gasteiger partial charge in [-0.3, -0.25) is 14.2 Å². The number of nitrogens with zero attached hydrogens (tertiary/aromatic N) is 3. The first-order chi connectivity index (χ1) is 6.61. The van der Waals surface area contributed by atoms with Gasteiger partial charge in [-0.15, -0.1) is 0 Å². The number of nitrogens with two attached hydrogens (primary N) is 1. The van der Waals surface area contributed by atoms with Crippen molar-refractivity contribution in [3.8, 4) is 0 Å². The minimum atomic E-state index is -0.468. The fourth-order valence-electron chi connectivity index (χ4n) is 1.55. The SMILES string of the molecule is Cc1nc2cncc(C)n2c1C(N)=O. The summed E-state index contributed by atoms with van der Waals surface area (Å²) in [5.41, 5.74) is 7.83. The number of hydrogen-bond donors (Lipinski definition) is 1. The van der Waals surface area contributed by atoms with Crippen molar-refractivity contribution >= 4 is 11.6 Å². The van der Waals surface area contributed by atoms with E-state index in [1.165, 1.54) is 0 Å². The standard InChI is InChI=1S/C9H10N4O/c1-5-3-11-4-7-12-6(2)8(9(10)14)13(5)7/h3-4H,1-2H3,(H2,10,14). The summed E-state index contributed by atoms with van der Waals surface area (Å²) in [7, 11) is 0. The maximum atomic E-state index is 11.2. The van der Waals surface area contributed by atoms with Crippen LogP contribution in [0.3, 0.4) is 0 Å². The predicted octanol–water partition coefficient (Wildman–Crippen LogP) is 0.445. The molecule has 5 nitrogen and oxygen atoms in total. The highest BCUT2D eigenvalue weighted by molar-refractivity contribution is 5.93. The molecule has 0 bridgehead atoms. The molecule has 72 valence electrons. The summed E-state index contributed by atoms with van der Waals surface area (Å²) in [4.78, 5) is 19.4. The van der Waals surface area contributed by atoms with Crippen molar-refractivity contribution in [2.24, 2.45) is 5.73 Å². The van der Waals surface area contributed by atoms with Gasteiger partial charge >= 0.3 is 0 Å². The number of carbonyl (C=O) groups is 1. The van der Waals surface area contributed by atoms with Gasteiger partial charge in [-0.2, -0.15) is 0 Å². The van der Waals surface area contributed by atoms with Gasteiger partial charge in [0.15, 0.2) is 5.65 Å².